The van der Waals surface area contributed by atoms with Crippen LogP contribution in [-0.4, -0.2) is 57.5 Å². The molecule has 0 amide bonds. The van der Waals surface area contributed by atoms with Crippen molar-refractivity contribution in [2.45, 2.75) is 52.4 Å². The van der Waals surface area contributed by atoms with Gasteiger partial charge in [-0.3, -0.25) is 0 Å². The number of aromatic nitrogens is 4. The topological polar surface area (TPSA) is 86.3 Å². The molecule has 4 heterocycles. The number of alkyl halides is 3. The minimum atomic E-state index is -4.61. The predicted molar refractivity (Wildman–Crippen MR) is 126 cm³/mol. The monoisotopic (exact) mass is 488 g/mol. The lowest BCUT2D eigenvalue weighted by Crippen LogP contribution is -2.38. The van der Waals surface area contributed by atoms with Crippen molar-refractivity contribution in [3.8, 4) is 11.3 Å². The van der Waals surface area contributed by atoms with Gasteiger partial charge in [-0.2, -0.15) is 13.2 Å². The summed E-state index contributed by atoms with van der Waals surface area (Å²) in [6.45, 7) is 6.95. The molecule has 0 spiro atoms. The van der Waals surface area contributed by atoms with E-state index in [2.05, 4.69) is 15.0 Å². The summed E-state index contributed by atoms with van der Waals surface area (Å²) in [6, 6.07) is 2.67. The van der Waals surface area contributed by atoms with Crippen molar-refractivity contribution in [1.82, 2.24) is 19.4 Å². The lowest BCUT2D eigenvalue weighted by molar-refractivity contribution is -0.138. The van der Waals surface area contributed by atoms with Gasteiger partial charge in [0.15, 0.2) is 0 Å². The van der Waals surface area contributed by atoms with Crippen LogP contribution in [0.5, 0.6) is 0 Å². The summed E-state index contributed by atoms with van der Waals surface area (Å²) in [5.41, 5.74) is 0.211. The number of aryl methyl sites for hydroxylation is 2. The highest BCUT2D eigenvalue weighted by Crippen LogP contribution is 2.39. The molecule has 8 nitrogen and oxygen atoms in total. The molecule has 11 heteroatoms. The standard InChI is InChI=1S/C24H27F3N6O2/c1-12(2)19-23(35-6)31-17(22(32-19)34-5)11-15-7-8-16(21-28-9-10-33(15)21)20-18(24(25,26)27)13(3)29-14(4)30-20/h7-10,12,17,19H,11H2,1-6H3/t17-,19+/m0/s1. The maximum atomic E-state index is 13.9. The Balaban J connectivity index is 1.80. The van der Waals surface area contributed by atoms with Gasteiger partial charge >= 0.3 is 6.18 Å². The average Bonchev–Trinajstić information content (AvgIpc) is 3.27. The van der Waals surface area contributed by atoms with Crippen molar-refractivity contribution in [3.63, 3.8) is 0 Å². The van der Waals surface area contributed by atoms with Crippen LogP contribution in [0.4, 0.5) is 13.2 Å². The van der Waals surface area contributed by atoms with Gasteiger partial charge in [0.1, 0.15) is 29.1 Å². The number of pyridine rings is 1. The van der Waals surface area contributed by atoms with Crippen molar-refractivity contribution in [3.05, 3.63) is 47.3 Å². The molecule has 0 radical (unpaired) electrons. The van der Waals surface area contributed by atoms with E-state index in [4.69, 9.17) is 19.5 Å². The number of halogens is 3. The summed E-state index contributed by atoms with van der Waals surface area (Å²) in [7, 11) is 3.11. The first-order chi connectivity index (χ1) is 16.5. The van der Waals surface area contributed by atoms with E-state index in [1.165, 1.54) is 6.92 Å². The molecule has 4 rings (SSSR count). The van der Waals surface area contributed by atoms with Crippen molar-refractivity contribution in [2.75, 3.05) is 14.2 Å². The van der Waals surface area contributed by atoms with E-state index in [0.717, 1.165) is 5.69 Å². The minimum Gasteiger partial charge on any atom is -0.483 e. The zero-order chi connectivity index (χ0) is 25.5. The lowest BCUT2D eigenvalue weighted by atomic mass is 10.0. The van der Waals surface area contributed by atoms with Crippen molar-refractivity contribution in [1.29, 1.82) is 0 Å². The summed E-state index contributed by atoms with van der Waals surface area (Å²) in [5.74, 6) is 1.42. The van der Waals surface area contributed by atoms with Crippen LogP contribution >= 0.6 is 0 Å². The van der Waals surface area contributed by atoms with Crippen LogP contribution in [0.1, 0.15) is 36.6 Å². The van der Waals surface area contributed by atoms with Gasteiger partial charge in [0.05, 0.1) is 25.6 Å². The highest BCUT2D eigenvalue weighted by atomic mass is 19.4. The molecule has 1 aliphatic heterocycles. The second-order valence-corrected chi connectivity index (χ2v) is 8.69. The number of methoxy groups -OCH3 is 2. The zero-order valence-corrected chi connectivity index (χ0v) is 20.4. The summed E-state index contributed by atoms with van der Waals surface area (Å²) >= 11 is 0. The first-order valence-corrected chi connectivity index (χ1v) is 11.2. The quantitative estimate of drug-likeness (QED) is 0.541. The van der Waals surface area contributed by atoms with Crippen LogP contribution in [0, 0.1) is 19.8 Å². The molecule has 1 aliphatic rings. The van der Waals surface area contributed by atoms with E-state index in [1.807, 2.05) is 13.8 Å². The second kappa shape index (κ2) is 9.27. The van der Waals surface area contributed by atoms with Crippen LogP contribution in [0.2, 0.25) is 0 Å². The summed E-state index contributed by atoms with van der Waals surface area (Å²) in [4.78, 5) is 21.9. The Morgan fingerprint density at radius 1 is 1.03 bits per heavy atom. The van der Waals surface area contributed by atoms with Gasteiger partial charge in [-0.05, 0) is 31.9 Å². The average molecular weight is 489 g/mol. The third-order valence-electron chi connectivity index (χ3n) is 5.91. The summed E-state index contributed by atoms with van der Waals surface area (Å²) in [6.07, 6.45) is -0.987. The highest BCUT2D eigenvalue weighted by Gasteiger charge is 2.38. The van der Waals surface area contributed by atoms with Crippen LogP contribution in [-0.2, 0) is 22.1 Å². The first kappa shape index (κ1) is 24.6. The number of hydrogen-bond acceptors (Lipinski definition) is 7. The lowest BCUT2D eigenvalue weighted by Gasteiger charge is -2.27. The molecule has 0 saturated heterocycles. The van der Waals surface area contributed by atoms with E-state index >= 15 is 0 Å². The van der Waals surface area contributed by atoms with E-state index in [1.54, 1.807) is 50.1 Å². The Labute approximate surface area is 201 Å². The molecular weight excluding hydrogens is 461 g/mol. The molecule has 0 unspecified atom stereocenters. The Morgan fingerprint density at radius 2 is 1.74 bits per heavy atom. The number of nitrogens with zero attached hydrogens (tertiary/aromatic N) is 6. The molecule has 0 fully saturated rings. The fourth-order valence-corrected chi connectivity index (χ4v) is 4.36. The molecule has 0 N–H and O–H groups in total. The van der Waals surface area contributed by atoms with E-state index in [-0.39, 0.29) is 34.7 Å². The Hall–Kier alpha value is -3.50. The maximum Gasteiger partial charge on any atom is 0.420 e. The minimum absolute atomic E-state index is 0.127. The molecule has 3 aromatic heterocycles. The third kappa shape index (κ3) is 4.59. The van der Waals surface area contributed by atoms with Gasteiger partial charge in [0.2, 0.25) is 11.8 Å². The van der Waals surface area contributed by atoms with Crippen LogP contribution in [0.15, 0.2) is 34.5 Å². The van der Waals surface area contributed by atoms with E-state index in [0.29, 0.717) is 23.9 Å². The van der Waals surface area contributed by atoms with Gasteiger partial charge in [-0.25, -0.2) is 24.9 Å². The Morgan fingerprint density at radius 3 is 2.37 bits per heavy atom. The van der Waals surface area contributed by atoms with Crippen LogP contribution < -0.4 is 0 Å². The number of hydrogen-bond donors (Lipinski definition) is 0. The van der Waals surface area contributed by atoms with Gasteiger partial charge in [0.25, 0.3) is 0 Å². The fraction of sp³-hybridized carbons (Fsp3) is 0.458. The predicted octanol–water partition coefficient (Wildman–Crippen LogP) is 4.47. The van der Waals surface area contributed by atoms with E-state index in [9.17, 15) is 13.2 Å². The molecule has 3 aromatic rings. The van der Waals surface area contributed by atoms with Gasteiger partial charge in [-0.15, -0.1) is 0 Å². The largest absolute Gasteiger partial charge is 0.483 e. The molecule has 186 valence electrons. The smallest absolute Gasteiger partial charge is 0.420 e. The summed E-state index contributed by atoms with van der Waals surface area (Å²) in [5, 5.41) is 0. The van der Waals surface area contributed by atoms with Gasteiger partial charge in [0, 0.05) is 30.1 Å². The normalized spacial score (nSPS) is 18.6. The van der Waals surface area contributed by atoms with Crippen molar-refractivity contribution in [2.24, 2.45) is 15.9 Å². The highest BCUT2D eigenvalue weighted by molar-refractivity contribution is 5.94. The molecule has 0 aliphatic carbocycles. The third-order valence-corrected chi connectivity index (χ3v) is 5.91. The number of rotatable bonds is 4. The SMILES string of the molecule is COC1=N[C@H](C(C)C)C(OC)=N[C@H]1Cc1ccc(-c2nc(C)nc(C)c2C(F)(F)F)c2nccn12. The molecule has 0 bridgehead atoms. The number of fused-ring (bicyclic) bond motifs is 1. The molecule has 2 atom stereocenters. The van der Waals surface area contributed by atoms with Crippen LogP contribution in [0.25, 0.3) is 16.9 Å². The molecule has 0 aromatic carbocycles. The van der Waals surface area contributed by atoms with Crippen LogP contribution in [0.3, 0.4) is 0 Å². The second-order valence-electron chi connectivity index (χ2n) is 8.69. The Bertz CT molecular complexity index is 1310. The fourth-order valence-electron chi connectivity index (χ4n) is 4.36. The van der Waals surface area contributed by atoms with Crippen molar-refractivity contribution >= 4 is 17.4 Å². The number of imidazole rings is 1. The first-order valence-electron chi connectivity index (χ1n) is 11.2. The summed E-state index contributed by atoms with van der Waals surface area (Å²) < 4.78 is 54.5. The maximum absolute atomic E-state index is 13.9. The zero-order valence-electron chi connectivity index (χ0n) is 20.4. The number of aliphatic imine (C=N–C) groups is 2. The molecular formula is C24H27F3N6O2. The van der Waals surface area contributed by atoms with E-state index < -0.39 is 17.8 Å². The van der Waals surface area contributed by atoms with Gasteiger partial charge in [-0.1, -0.05) is 13.8 Å². The molecule has 35 heavy (non-hydrogen) atoms. The van der Waals surface area contributed by atoms with Crippen molar-refractivity contribution < 1.29 is 22.6 Å². The molecule has 0 saturated carbocycles. The van der Waals surface area contributed by atoms with Gasteiger partial charge < -0.3 is 13.9 Å². The Kier molecular flexibility index (Phi) is 6.52. The number of ether oxygens (including phenoxy) is 2.